The van der Waals surface area contributed by atoms with Crippen LogP contribution in [0.5, 0.6) is 5.75 Å². The molecule has 0 bridgehead atoms. The average Bonchev–Trinajstić information content (AvgIpc) is 3.06. The molecular weight excluding hydrogens is 404 g/mol. The lowest BCUT2D eigenvalue weighted by Gasteiger charge is -2.19. The van der Waals surface area contributed by atoms with Gasteiger partial charge in [0.05, 0.1) is 16.8 Å². The van der Waals surface area contributed by atoms with Crippen molar-refractivity contribution in [3.05, 3.63) is 94.5 Å². The Kier molecular flexibility index (Phi) is 5.53. The molecule has 4 rings (SSSR count). The van der Waals surface area contributed by atoms with Gasteiger partial charge in [-0.3, -0.25) is 19.7 Å². The molecule has 1 heterocycles. The van der Waals surface area contributed by atoms with Gasteiger partial charge in [-0.05, 0) is 52.9 Å². The summed E-state index contributed by atoms with van der Waals surface area (Å²) in [7, 11) is 0. The van der Waals surface area contributed by atoms with Crippen molar-refractivity contribution < 1.29 is 19.1 Å². The van der Waals surface area contributed by atoms with E-state index < -0.39 is 11.8 Å². The number of fused-ring (bicyclic) bond motifs is 1. The summed E-state index contributed by atoms with van der Waals surface area (Å²) in [5.74, 6) is -0.552. The quantitative estimate of drug-likeness (QED) is 0.577. The molecule has 0 aliphatic carbocycles. The van der Waals surface area contributed by atoms with E-state index in [0.717, 1.165) is 11.3 Å². The molecule has 2 N–H and O–H groups in total. The molecule has 3 aromatic carbocycles. The van der Waals surface area contributed by atoms with Crippen LogP contribution in [0.1, 0.15) is 63.0 Å². The number of imide groups is 1. The topological polar surface area (TPSA) is 84.5 Å². The minimum Gasteiger partial charge on any atom is -0.489 e. The fraction of sp³-hybridized carbons (Fsp3) is 0.192. The Hall–Kier alpha value is -3.93. The van der Waals surface area contributed by atoms with Crippen LogP contribution in [0.15, 0.2) is 66.7 Å². The Balaban J connectivity index is 1.40. The Bertz CT molecular complexity index is 1190. The first-order valence-corrected chi connectivity index (χ1v) is 10.3. The smallest absolute Gasteiger partial charge is 0.261 e. The van der Waals surface area contributed by atoms with Crippen molar-refractivity contribution in [3.8, 4) is 5.75 Å². The van der Waals surface area contributed by atoms with Crippen LogP contribution in [0.4, 0.5) is 5.69 Å². The van der Waals surface area contributed by atoms with Gasteiger partial charge in [0, 0.05) is 5.56 Å². The second-order valence-electron chi connectivity index (χ2n) is 8.73. The number of anilines is 1. The fourth-order valence-corrected chi connectivity index (χ4v) is 3.49. The predicted octanol–water partition coefficient (Wildman–Crippen LogP) is 4.70. The summed E-state index contributed by atoms with van der Waals surface area (Å²) < 4.78 is 5.85. The maximum Gasteiger partial charge on any atom is 0.261 e. The van der Waals surface area contributed by atoms with Crippen molar-refractivity contribution in [1.29, 1.82) is 0 Å². The van der Waals surface area contributed by atoms with Gasteiger partial charge >= 0.3 is 0 Å². The normalized spacial score (nSPS) is 12.8. The monoisotopic (exact) mass is 428 g/mol. The highest BCUT2D eigenvalue weighted by atomic mass is 16.5. The summed E-state index contributed by atoms with van der Waals surface area (Å²) in [6.07, 6.45) is 0. The summed E-state index contributed by atoms with van der Waals surface area (Å²) >= 11 is 0. The highest BCUT2D eigenvalue weighted by Gasteiger charge is 2.29. The van der Waals surface area contributed by atoms with Crippen molar-refractivity contribution in [2.24, 2.45) is 0 Å². The molecule has 6 nitrogen and oxygen atoms in total. The number of carbonyl (C=O) groups excluding carboxylic acids is 3. The zero-order valence-electron chi connectivity index (χ0n) is 18.2. The third-order valence-corrected chi connectivity index (χ3v) is 5.35. The van der Waals surface area contributed by atoms with E-state index >= 15 is 0 Å². The zero-order chi connectivity index (χ0) is 22.9. The van der Waals surface area contributed by atoms with Crippen LogP contribution in [0.2, 0.25) is 0 Å². The van der Waals surface area contributed by atoms with Crippen molar-refractivity contribution >= 4 is 23.4 Å². The lowest BCUT2D eigenvalue weighted by atomic mass is 9.87. The second-order valence-corrected chi connectivity index (χ2v) is 8.73. The summed E-state index contributed by atoms with van der Waals surface area (Å²) in [5.41, 5.74) is 3.45. The number of ether oxygens (including phenoxy) is 1. The summed E-state index contributed by atoms with van der Waals surface area (Å²) in [6.45, 7) is 6.88. The number of benzene rings is 3. The van der Waals surface area contributed by atoms with Crippen molar-refractivity contribution in [3.63, 3.8) is 0 Å². The van der Waals surface area contributed by atoms with Gasteiger partial charge in [-0.15, -0.1) is 0 Å². The zero-order valence-corrected chi connectivity index (χ0v) is 18.2. The second kappa shape index (κ2) is 8.30. The summed E-state index contributed by atoms with van der Waals surface area (Å²) in [4.78, 5) is 36.5. The van der Waals surface area contributed by atoms with E-state index in [1.807, 2.05) is 24.3 Å². The van der Waals surface area contributed by atoms with Crippen LogP contribution < -0.4 is 15.4 Å². The van der Waals surface area contributed by atoms with Gasteiger partial charge in [-0.2, -0.15) is 0 Å². The molecule has 3 aromatic rings. The molecule has 0 unspecified atom stereocenters. The molecule has 162 valence electrons. The maximum absolute atomic E-state index is 12.6. The third-order valence-electron chi connectivity index (χ3n) is 5.35. The lowest BCUT2D eigenvalue weighted by Crippen LogP contribution is -2.20. The maximum atomic E-state index is 12.6. The van der Waals surface area contributed by atoms with Crippen LogP contribution in [0.25, 0.3) is 0 Å². The van der Waals surface area contributed by atoms with Gasteiger partial charge in [-0.1, -0.05) is 51.1 Å². The Morgan fingerprint density at radius 1 is 0.906 bits per heavy atom. The van der Waals surface area contributed by atoms with E-state index in [0.29, 0.717) is 17.9 Å². The van der Waals surface area contributed by atoms with Crippen molar-refractivity contribution in [1.82, 2.24) is 5.32 Å². The molecule has 0 saturated heterocycles. The van der Waals surface area contributed by atoms with Crippen LogP contribution in [-0.4, -0.2) is 17.7 Å². The van der Waals surface area contributed by atoms with Crippen LogP contribution >= 0.6 is 0 Å². The number of amides is 3. The number of rotatable bonds is 5. The van der Waals surface area contributed by atoms with Gasteiger partial charge in [-0.25, -0.2) is 0 Å². The van der Waals surface area contributed by atoms with E-state index in [2.05, 4.69) is 43.5 Å². The molecule has 0 fully saturated rings. The highest BCUT2D eigenvalue weighted by molar-refractivity contribution is 6.25. The Morgan fingerprint density at radius 3 is 2.25 bits per heavy atom. The van der Waals surface area contributed by atoms with E-state index in [1.54, 1.807) is 30.3 Å². The first-order valence-electron chi connectivity index (χ1n) is 10.3. The number of hydrogen-bond donors (Lipinski definition) is 2. The average molecular weight is 428 g/mol. The van der Waals surface area contributed by atoms with Gasteiger partial charge in [0.2, 0.25) is 0 Å². The minimum absolute atomic E-state index is 0.0914. The Morgan fingerprint density at radius 2 is 1.59 bits per heavy atom. The van der Waals surface area contributed by atoms with Gasteiger partial charge in [0.25, 0.3) is 17.7 Å². The molecule has 0 aromatic heterocycles. The predicted molar refractivity (Wildman–Crippen MR) is 122 cm³/mol. The molecule has 1 aliphatic heterocycles. The van der Waals surface area contributed by atoms with E-state index in [4.69, 9.17) is 4.74 Å². The molecule has 3 amide bonds. The Labute approximate surface area is 186 Å². The number of hydrogen-bond acceptors (Lipinski definition) is 4. The lowest BCUT2D eigenvalue weighted by molar-refractivity contribution is 0.0879. The number of carbonyl (C=O) groups is 3. The molecule has 0 atom stereocenters. The molecule has 0 spiro atoms. The van der Waals surface area contributed by atoms with Crippen LogP contribution in [-0.2, 0) is 12.0 Å². The summed E-state index contributed by atoms with van der Waals surface area (Å²) in [6, 6.07) is 19.9. The molecule has 0 saturated carbocycles. The van der Waals surface area contributed by atoms with Crippen LogP contribution in [0, 0.1) is 0 Å². The first kappa shape index (κ1) is 21.3. The molecule has 32 heavy (non-hydrogen) atoms. The third kappa shape index (κ3) is 4.39. The largest absolute Gasteiger partial charge is 0.489 e. The number of nitrogens with one attached hydrogen (secondary N) is 2. The molecular formula is C26H24N2O4. The highest BCUT2D eigenvalue weighted by Crippen LogP contribution is 2.26. The van der Waals surface area contributed by atoms with Gasteiger partial charge < -0.3 is 10.1 Å². The fourth-order valence-electron chi connectivity index (χ4n) is 3.49. The first-order chi connectivity index (χ1) is 15.2. The van der Waals surface area contributed by atoms with Crippen LogP contribution in [0.3, 0.4) is 0 Å². The minimum atomic E-state index is -0.510. The van der Waals surface area contributed by atoms with Crippen molar-refractivity contribution in [2.75, 3.05) is 5.32 Å². The summed E-state index contributed by atoms with van der Waals surface area (Å²) in [5, 5.41) is 4.96. The standard InChI is InChI=1S/C26H24N2O4/c1-26(2,3)18-11-13-19(14-12-18)32-15-16-7-9-17(10-8-16)23(29)27-21-6-4-5-20-22(21)25(31)28-24(20)30/h4-14H,15H2,1-3H3,(H,27,29)(H,28,30,31). The van der Waals surface area contributed by atoms with Gasteiger partial charge in [0.1, 0.15) is 12.4 Å². The molecule has 6 heteroatoms. The SMILES string of the molecule is CC(C)(C)c1ccc(OCc2ccc(C(=O)Nc3cccc4c3C(=O)NC4=O)cc2)cc1. The van der Waals surface area contributed by atoms with E-state index in [9.17, 15) is 14.4 Å². The van der Waals surface area contributed by atoms with E-state index in [1.165, 1.54) is 5.56 Å². The van der Waals surface area contributed by atoms with Crippen molar-refractivity contribution in [2.45, 2.75) is 32.8 Å². The van der Waals surface area contributed by atoms with Gasteiger partial charge in [0.15, 0.2) is 0 Å². The molecule has 0 radical (unpaired) electrons. The molecule has 1 aliphatic rings. The van der Waals surface area contributed by atoms with E-state index in [-0.39, 0.29) is 22.4 Å².